The van der Waals surface area contributed by atoms with Gasteiger partial charge in [0.25, 0.3) is 0 Å². The van der Waals surface area contributed by atoms with Gasteiger partial charge >= 0.3 is 0 Å². The van der Waals surface area contributed by atoms with Crippen LogP contribution in [0.15, 0.2) is 39.8 Å². The Morgan fingerprint density at radius 2 is 2.00 bits per heavy atom. The van der Waals surface area contributed by atoms with Crippen LogP contribution in [0.25, 0.3) is 0 Å². The van der Waals surface area contributed by atoms with Crippen LogP contribution in [0.5, 0.6) is 0 Å². The summed E-state index contributed by atoms with van der Waals surface area (Å²) in [6.07, 6.45) is 0. The zero-order valence-electron chi connectivity index (χ0n) is 17.2. The van der Waals surface area contributed by atoms with E-state index in [1.54, 1.807) is 12.1 Å². The normalized spacial score (nSPS) is 12.8. The second-order valence-electron chi connectivity index (χ2n) is 6.98. The van der Waals surface area contributed by atoms with Crippen LogP contribution >= 0.6 is 24.0 Å². The van der Waals surface area contributed by atoms with Gasteiger partial charge in [-0.2, -0.15) is 0 Å². The van der Waals surface area contributed by atoms with Gasteiger partial charge in [0.1, 0.15) is 12.4 Å². The summed E-state index contributed by atoms with van der Waals surface area (Å²) < 4.78 is 18.9. The van der Waals surface area contributed by atoms with E-state index in [0.717, 1.165) is 23.6 Å². The number of hydrogen-bond donors (Lipinski definition) is 2. The van der Waals surface area contributed by atoms with E-state index in [9.17, 15) is 4.39 Å². The molecule has 0 fully saturated rings. The monoisotopic (exact) mass is 503 g/mol. The first-order valence-corrected chi connectivity index (χ1v) is 9.30. The minimum Gasteiger partial charge on any atom is -0.359 e. The van der Waals surface area contributed by atoms with E-state index >= 15 is 0 Å². The average molecular weight is 503 g/mol. The molecule has 156 valence electrons. The molecule has 2 N–H and O–H groups in total. The summed E-state index contributed by atoms with van der Waals surface area (Å²) in [6.45, 7) is 7.90. The van der Waals surface area contributed by atoms with Crippen molar-refractivity contribution in [2.75, 3.05) is 27.2 Å². The van der Waals surface area contributed by atoms with Crippen LogP contribution < -0.4 is 10.6 Å². The number of nitrogens with one attached hydrogen (secondary N) is 2. The molecule has 8 heteroatoms. The molecule has 0 saturated heterocycles. The Morgan fingerprint density at radius 1 is 1.25 bits per heavy atom. The van der Waals surface area contributed by atoms with Crippen molar-refractivity contribution in [1.29, 1.82) is 0 Å². The molecule has 2 aromatic rings. The molecule has 1 aromatic heterocycles. The molecule has 0 aliphatic rings. The smallest absolute Gasteiger partial charge is 0.191 e. The second kappa shape index (κ2) is 12.0. The largest absolute Gasteiger partial charge is 0.359 e. The zero-order valence-corrected chi connectivity index (χ0v) is 19.5. The number of guanidine groups is 1. The number of rotatable bonds is 8. The maximum atomic E-state index is 13.6. The molecular weight excluding hydrogens is 472 g/mol. The van der Waals surface area contributed by atoms with E-state index < -0.39 is 0 Å². The number of aromatic nitrogens is 1. The van der Waals surface area contributed by atoms with E-state index in [0.29, 0.717) is 25.0 Å². The quantitative estimate of drug-likeness (QED) is 0.325. The number of aliphatic imine (C=N–C) groups is 1. The van der Waals surface area contributed by atoms with Crippen LogP contribution in [-0.4, -0.2) is 43.2 Å². The molecule has 1 heterocycles. The standard InChI is InChI=1S/C20H30FN5O.HI/c1-6-22-20(23-12-17-11-18(14(2)3)25-27-17)24-13-19(26(4)5)15-8-7-9-16(21)10-15;/h7-11,14,19H,6,12-13H2,1-5H3,(H2,22,23,24);1H. The lowest BCUT2D eigenvalue weighted by Gasteiger charge is -2.26. The highest BCUT2D eigenvalue weighted by Crippen LogP contribution is 2.18. The fraction of sp³-hybridized carbons (Fsp3) is 0.500. The predicted molar refractivity (Wildman–Crippen MR) is 122 cm³/mol. The number of halogens is 2. The van der Waals surface area contributed by atoms with E-state index in [1.165, 1.54) is 6.07 Å². The van der Waals surface area contributed by atoms with Gasteiger partial charge in [0, 0.05) is 19.2 Å². The van der Waals surface area contributed by atoms with E-state index in [1.807, 2.05) is 33.2 Å². The topological polar surface area (TPSA) is 65.7 Å². The summed E-state index contributed by atoms with van der Waals surface area (Å²) in [5.74, 6) is 1.50. The van der Waals surface area contributed by atoms with Crippen LogP contribution in [0.4, 0.5) is 4.39 Å². The molecule has 1 atom stereocenters. The summed E-state index contributed by atoms with van der Waals surface area (Å²) in [4.78, 5) is 6.62. The Morgan fingerprint density at radius 3 is 2.57 bits per heavy atom. The molecule has 0 aliphatic carbocycles. The predicted octanol–water partition coefficient (Wildman–Crippen LogP) is 3.91. The molecule has 28 heavy (non-hydrogen) atoms. The second-order valence-corrected chi connectivity index (χ2v) is 6.98. The van der Waals surface area contributed by atoms with Crippen molar-refractivity contribution in [3.8, 4) is 0 Å². The van der Waals surface area contributed by atoms with Crippen molar-refractivity contribution in [3.63, 3.8) is 0 Å². The summed E-state index contributed by atoms with van der Waals surface area (Å²) >= 11 is 0. The van der Waals surface area contributed by atoms with Crippen LogP contribution in [0.3, 0.4) is 0 Å². The maximum Gasteiger partial charge on any atom is 0.191 e. The molecule has 0 bridgehead atoms. The van der Waals surface area contributed by atoms with Crippen molar-refractivity contribution in [2.45, 2.75) is 39.3 Å². The molecule has 0 saturated carbocycles. The third-order valence-corrected chi connectivity index (χ3v) is 4.23. The lowest BCUT2D eigenvalue weighted by Crippen LogP contribution is -2.41. The van der Waals surface area contributed by atoms with Gasteiger partial charge in [0.2, 0.25) is 0 Å². The molecule has 2 rings (SSSR count). The van der Waals surface area contributed by atoms with E-state index in [2.05, 4.69) is 39.5 Å². The summed E-state index contributed by atoms with van der Waals surface area (Å²) in [5, 5.41) is 10.6. The van der Waals surface area contributed by atoms with Crippen LogP contribution in [0, 0.1) is 5.82 Å². The highest BCUT2D eigenvalue weighted by molar-refractivity contribution is 14.0. The molecule has 0 radical (unpaired) electrons. The fourth-order valence-electron chi connectivity index (χ4n) is 2.68. The molecule has 6 nitrogen and oxygen atoms in total. The number of hydrogen-bond acceptors (Lipinski definition) is 4. The first-order chi connectivity index (χ1) is 12.9. The Balaban J connectivity index is 0.00000392. The van der Waals surface area contributed by atoms with Crippen molar-refractivity contribution >= 4 is 29.9 Å². The number of nitrogens with zero attached hydrogens (tertiary/aromatic N) is 3. The van der Waals surface area contributed by atoms with Gasteiger partial charge in [0.05, 0.1) is 11.7 Å². The maximum absolute atomic E-state index is 13.6. The highest BCUT2D eigenvalue weighted by Gasteiger charge is 2.15. The van der Waals surface area contributed by atoms with Gasteiger partial charge in [-0.05, 0) is 44.6 Å². The van der Waals surface area contributed by atoms with Crippen molar-refractivity contribution < 1.29 is 8.91 Å². The van der Waals surface area contributed by atoms with Gasteiger partial charge in [-0.15, -0.1) is 24.0 Å². The number of likely N-dealkylation sites (N-methyl/N-ethyl adjacent to an activating group) is 1. The highest BCUT2D eigenvalue weighted by atomic mass is 127. The van der Waals surface area contributed by atoms with E-state index in [-0.39, 0.29) is 35.8 Å². The Bertz CT molecular complexity index is 748. The van der Waals surface area contributed by atoms with Gasteiger partial charge in [0.15, 0.2) is 11.7 Å². The molecule has 0 amide bonds. The summed E-state index contributed by atoms with van der Waals surface area (Å²) in [7, 11) is 3.95. The average Bonchev–Trinajstić information content (AvgIpc) is 3.09. The molecule has 0 spiro atoms. The Labute approximate surface area is 184 Å². The first-order valence-electron chi connectivity index (χ1n) is 9.30. The summed E-state index contributed by atoms with van der Waals surface area (Å²) in [5.41, 5.74) is 1.84. The lowest BCUT2D eigenvalue weighted by molar-refractivity contribution is 0.297. The molecule has 1 unspecified atom stereocenters. The van der Waals surface area contributed by atoms with Crippen molar-refractivity contribution in [1.82, 2.24) is 20.7 Å². The van der Waals surface area contributed by atoms with Gasteiger partial charge in [-0.3, -0.25) is 0 Å². The van der Waals surface area contributed by atoms with E-state index in [4.69, 9.17) is 4.52 Å². The zero-order chi connectivity index (χ0) is 19.8. The van der Waals surface area contributed by atoms with Crippen LogP contribution in [-0.2, 0) is 6.54 Å². The van der Waals surface area contributed by atoms with Gasteiger partial charge in [-0.25, -0.2) is 9.38 Å². The van der Waals surface area contributed by atoms with Crippen LogP contribution in [0.1, 0.15) is 49.7 Å². The Kier molecular flexibility index (Phi) is 10.4. The molecule has 1 aromatic carbocycles. The number of benzene rings is 1. The third kappa shape index (κ3) is 7.38. The fourth-order valence-corrected chi connectivity index (χ4v) is 2.68. The van der Waals surface area contributed by atoms with Crippen molar-refractivity contribution in [2.24, 2.45) is 4.99 Å². The van der Waals surface area contributed by atoms with Gasteiger partial charge < -0.3 is 20.1 Å². The minimum absolute atomic E-state index is 0. The van der Waals surface area contributed by atoms with Gasteiger partial charge in [-0.1, -0.05) is 31.1 Å². The lowest BCUT2D eigenvalue weighted by atomic mass is 10.1. The Hall–Kier alpha value is -1.68. The van der Waals surface area contributed by atoms with Crippen molar-refractivity contribution in [3.05, 3.63) is 53.2 Å². The van der Waals surface area contributed by atoms with Crippen LogP contribution in [0.2, 0.25) is 0 Å². The first kappa shape index (κ1) is 24.4. The minimum atomic E-state index is -0.230. The third-order valence-electron chi connectivity index (χ3n) is 4.23. The SMILES string of the molecule is CCNC(=NCc1cc(C(C)C)no1)NCC(c1cccc(F)c1)N(C)C.I. The molecular formula is C20H31FIN5O. The summed E-state index contributed by atoms with van der Waals surface area (Å²) in [6, 6.07) is 8.64. The molecule has 0 aliphatic heterocycles.